The van der Waals surface area contributed by atoms with Crippen LogP contribution in [0.1, 0.15) is 0 Å². The molecule has 1 aliphatic heterocycles. The molecule has 106 valence electrons. The van der Waals surface area contributed by atoms with E-state index in [9.17, 15) is 9.59 Å². The fraction of sp³-hybridized carbons (Fsp3) is 0.0667. The number of carbonyl (C=O) groups excluding carboxylic acids is 2. The van der Waals surface area contributed by atoms with Crippen molar-refractivity contribution in [2.45, 2.75) is 5.37 Å². The minimum Gasteiger partial charge on any atom is -0.364 e. The van der Waals surface area contributed by atoms with Gasteiger partial charge in [0.1, 0.15) is 0 Å². The van der Waals surface area contributed by atoms with Gasteiger partial charge >= 0.3 is 0 Å². The van der Waals surface area contributed by atoms with Gasteiger partial charge in [-0.05, 0) is 52.0 Å². The highest BCUT2D eigenvalue weighted by Gasteiger charge is 2.40. The molecule has 2 amide bonds. The Kier molecular flexibility index (Phi) is 3.98. The summed E-state index contributed by atoms with van der Waals surface area (Å²) in [5.74, 6) is -0.257. The van der Waals surface area contributed by atoms with E-state index in [1.165, 1.54) is 4.90 Å². The van der Waals surface area contributed by atoms with E-state index in [-0.39, 0.29) is 11.1 Å². The Balaban J connectivity index is 1.83. The van der Waals surface area contributed by atoms with Crippen molar-refractivity contribution in [2.75, 3.05) is 10.2 Å². The van der Waals surface area contributed by atoms with Gasteiger partial charge < -0.3 is 5.32 Å². The monoisotopic (exact) mass is 362 g/mol. The van der Waals surface area contributed by atoms with Gasteiger partial charge in [-0.15, -0.1) is 0 Å². The van der Waals surface area contributed by atoms with Gasteiger partial charge in [0.2, 0.25) is 0 Å². The van der Waals surface area contributed by atoms with Crippen LogP contribution < -0.4 is 10.2 Å². The second-order valence-electron chi connectivity index (χ2n) is 4.40. The van der Waals surface area contributed by atoms with Crippen LogP contribution >= 0.6 is 27.7 Å². The van der Waals surface area contributed by atoms with Crippen LogP contribution in [0.15, 0.2) is 59.1 Å². The molecule has 1 aliphatic rings. The predicted octanol–water partition coefficient (Wildman–Crippen LogP) is 4.09. The molecule has 1 saturated heterocycles. The van der Waals surface area contributed by atoms with Gasteiger partial charge in [0, 0.05) is 10.2 Å². The van der Waals surface area contributed by atoms with Gasteiger partial charge in [0.25, 0.3) is 11.1 Å². The molecule has 1 atom stereocenters. The lowest BCUT2D eigenvalue weighted by Crippen LogP contribution is -2.34. The fourth-order valence-corrected chi connectivity index (χ4v) is 3.33. The Labute approximate surface area is 134 Å². The standard InChI is InChI=1S/C15H11BrN2O2S/c16-11-8-4-5-9-12(11)17-13-14(19)18(15(20)21-13)10-6-2-1-3-7-10/h1-9,13,17H. The van der Waals surface area contributed by atoms with E-state index in [1.54, 1.807) is 24.3 Å². The molecule has 0 saturated carbocycles. The van der Waals surface area contributed by atoms with E-state index in [4.69, 9.17) is 0 Å². The Bertz CT molecular complexity index is 693. The highest BCUT2D eigenvalue weighted by atomic mass is 79.9. The van der Waals surface area contributed by atoms with Crippen LogP contribution in [0.5, 0.6) is 0 Å². The van der Waals surface area contributed by atoms with Crippen LogP contribution in [-0.4, -0.2) is 16.5 Å². The first-order chi connectivity index (χ1) is 10.2. The van der Waals surface area contributed by atoms with E-state index >= 15 is 0 Å². The second-order valence-corrected chi connectivity index (χ2v) is 6.31. The number of amides is 2. The van der Waals surface area contributed by atoms with Crippen molar-refractivity contribution in [3.05, 3.63) is 59.1 Å². The molecular weight excluding hydrogens is 352 g/mol. The molecule has 1 unspecified atom stereocenters. The van der Waals surface area contributed by atoms with Crippen LogP contribution in [0.25, 0.3) is 0 Å². The first kappa shape index (κ1) is 14.2. The number of carbonyl (C=O) groups is 2. The number of thioether (sulfide) groups is 1. The van der Waals surface area contributed by atoms with Gasteiger partial charge in [-0.1, -0.05) is 30.3 Å². The second kappa shape index (κ2) is 5.91. The summed E-state index contributed by atoms with van der Waals surface area (Å²) < 4.78 is 0.851. The molecule has 6 heteroatoms. The topological polar surface area (TPSA) is 49.4 Å². The third kappa shape index (κ3) is 2.82. The molecule has 0 spiro atoms. The van der Waals surface area contributed by atoms with Crippen LogP contribution in [0.3, 0.4) is 0 Å². The van der Waals surface area contributed by atoms with Crippen molar-refractivity contribution in [2.24, 2.45) is 0 Å². The third-order valence-electron chi connectivity index (χ3n) is 3.02. The SMILES string of the molecule is O=C1SC(Nc2ccccc2Br)C(=O)N1c1ccccc1. The number of halogens is 1. The summed E-state index contributed by atoms with van der Waals surface area (Å²) >= 11 is 4.40. The normalized spacial score (nSPS) is 18.1. The first-order valence-electron chi connectivity index (χ1n) is 6.27. The maximum Gasteiger partial charge on any atom is 0.295 e. The number of hydrogen-bond donors (Lipinski definition) is 1. The highest BCUT2D eigenvalue weighted by Crippen LogP contribution is 2.33. The number of anilines is 2. The summed E-state index contributed by atoms with van der Waals surface area (Å²) in [6.45, 7) is 0. The van der Waals surface area contributed by atoms with Crippen molar-refractivity contribution in [1.82, 2.24) is 0 Å². The maximum absolute atomic E-state index is 12.4. The summed E-state index contributed by atoms with van der Waals surface area (Å²) in [6.07, 6.45) is 0. The minimum atomic E-state index is -0.614. The number of imide groups is 1. The van der Waals surface area contributed by atoms with Gasteiger partial charge in [0.15, 0.2) is 5.37 Å². The average Bonchev–Trinajstić information content (AvgIpc) is 2.77. The van der Waals surface area contributed by atoms with Crippen LogP contribution in [-0.2, 0) is 4.79 Å². The predicted molar refractivity (Wildman–Crippen MR) is 88.5 cm³/mol. The number of benzene rings is 2. The molecule has 0 bridgehead atoms. The van der Waals surface area contributed by atoms with Crippen LogP contribution in [0.4, 0.5) is 16.2 Å². The van der Waals surface area contributed by atoms with E-state index in [0.29, 0.717) is 5.69 Å². The lowest BCUT2D eigenvalue weighted by molar-refractivity contribution is -0.116. The Morgan fingerprint density at radius 2 is 1.67 bits per heavy atom. The number of rotatable bonds is 3. The average molecular weight is 363 g/mol. The zero-order valence-electron chi connectivity index (χ0n) is 10.8. The highest BCUT2D eigenvalue weighted by molar-refractivity contribution is 9.10. The molecule has 0 aromatic heterocycles. The van der Waals surface area contributed by atoms with Crippen molar-refractivity contribution in [3.8, 4) is 0 Å². The molecule has 3 rings (SSSR count). The molecule has 0 radical (unpaired) electrons. The molecular formula is C15H11BrN2O2S. The number of nitrogens with one attached hydrogen (secondary N) is 1. The summed E-state index contributed by atoms with van der Waals surface area (Å²) in [5, 5.41) is 2.21. The molecule has 1 heterocycles. The van der Waals surface area contributed by atoms with E-state index in [1.807, 2.05) is 30.3 Å². The summed E-state index contributed by atoms with van der Waals surface area (Å²) in [7, 11) is 0. The van der Waals surface area contributed by atoms with E-state index < -0.39 is 5.37 Å². The maximum atomic E-state index is 12.4. The lowest BCUT2D eigenvalue weighted by Gasteiger charge is -2.15. The molecule has 21 heavy (non-hydrogen) atoms. The largest absolute Gasteiger partial charge is 0.364 e. The molecule has 1 fully saturated rings. The van der Waals surface area contributed by atoms with Gasteiger partial charge in [0.05, 0.1) is 5.69 Å². The van der Waals surface area contributed by atoms with Gasteiger partial charge in [-0.25, -0.2) is 4.90 Å². The minimum absolute atomic E-state index is 0.257. The summed E-state index contributed by atoms with van der Waals surface area (Å²) in [6, 6.07) is 16.4. The zero-order chi connectivity index (χ0) is 14.8. The molecule has 0 aliphatic carbocycles. The van der Waals surface area contributed by atoms with E-state index in [0.717, 1.165) is 21.9 Å². The zero-order valence-corrected chi connectivity index (χ0v) is 13.2. The molecule has 4 nitrogen and oxygen atoms in total. The van der Waals surface area contributed by atoms with E-state index in [2.05, 4.69) is 21.2 Å². The molecule has 2 aromatic rings. The first-order valence-corrected chi connectivity index (χ1v) is 7.95. The molecule has 2 aromatic carbocycles. The smallest absolute Gasteiger partial charge is 0.295 e. The summed E-state index contributed by atoms with van der Waals surface area (Å²) in [4.78, 5) is 25.7. The van der Waals surface area contributed by atoms with Gasteiger partial charge in [-0.2, -0.15) is 0 Å². The quantitative estimate of drug-likeness (QED) is 0.893. The van der Waals surface area contributed by atoms with Crippen molar-refractivity contribution in [1.29, 1.82) is 0 Å². The van der Waals surface area contributed by atoms with Crippen molar-refractivity contribution >= 4 is 50.2 Å². The fourth-order valence-electron chi connectivity index (χ4n) is 2.03. The van der Waals surface area contributed by atoms with Crippen LogP contribution in [0, 0.1) is 0 Å². The third-order valence-corrected chi connectivity index (χ3v) is 4.65. The van der Waals surface area contributed by atoms with Crippen molar-refractivity contribution < 1.29 is 9.59 Å². The Hall–Kier alpha value is -1.79. The lowest BCUT2D eigenvalue weighted by atomic mass is 10.3. The summed E-state index contributed by atoms with van der Waals surface area (Å²) in [5.41, 5.74) is 1.38. The van der Waals surface area contributed by atoms with Crippen LogP contribution in [0.2, 0.25) is 0 Å². The number of hydrogen-bond acceptors (Lipinski definition) is 4. The Morgan fingerprint density at radius 3 is 2.38 bits per heavy atom. The molecule has 1 N–H and O–H groups in total. The number of nitrogens with zero attached hydrogens (tertiary/aromatic N) is 1. The number of para-hydroxylation sites is 2. The Morgan fingerprint density at radius 1 is 1.00 bits per heavy atom. The van der Waals surface area contributed by atoms with Crippen molar-refractivity contribution in [3.63, 3.8) is 0 Å². The van der Waals surface area contributed by atoms with Gasteiger partial charge in [-0.3, -0.25) is 9.59 Å².